The van der Waals surface area contributed by atoms with Gasteiger partial charge in [-0.2, -0.15) is 0 Å². The predicted octanol–water partition coefficient (Wildman–Crippen LogP) is 3.46. The van der Waals surface area contributed by atoms with E-state index >= 15 is 0 Å². The summed E-state index contributed by atoms with van der Waals surface area (Å²) in [6.45, 7) is 0.480. The molecule has 0 aliphatic carbocycles. The average Bonchev–Trinajstić information content (AvgIpc) is 2.70. The zero-order valence-electron chi connectivity index (χ0n) is 7.44. The fraction of sp³-hybridized carbons (Fsp3) is 0.0909. The number of hydrogen-bond donors (Lipinski definition) is 0. The molecule has 2 nitrogen and oxygen atoms in total. The highest BCUT2D eigenvalue weighted by molar-refractivity contribution is 14.1. The molecule has 0 saturated heterocycles. The van der Waals surface area contributed by atoms with Crippen molar-refractivity contribution in [3.63, 3.8) is 0 Å². The maximum Gasteiger partial charge on any atom is 0.146 e. The smallest absolute Gasteiger partial charge is 0.146 e. The Morgan fingerprint density at radius 2 is 1.93 bits per heavy atom. The van der Waals surface area contributed by atoms with Crippen LogP contribution in [0.2, 0.25) is 0 Å². The van der Waals surface area contributed by atoms with Gasteiger partial charge < -0.3 is 9.15 Å². The van der Waals surface area contributed by atoms with E-state index < -0.39 is 0 Å². The van der Waals surface area contributed by atoms with Crippen molar-refractivity contribution < 1.29 is 9.15 Å². The van der Waals surface area contributed by atoms with Crippen LogP contribution in [0, 0.1) is 3.57 Å². The van der Waals surface area contributed by atoms with Gasteiger partial charge in [-0.15, -0.1) is 0 Å². The molecule has 0 unspecified atom stereocenters. The molecule has 2 aromatic rings. The molecule has 2 rings (SSSR count). The average molecular weight is 300 g/mol. The first-order valence-corrected chi connectivity index (χ1v) is 5.33. The lowest BCUT2D eigenvalue weighted by Gasteiger charge is -2.03. The van der Waals surface area contributed by atoms with E-state index in [2.05, 4.69) is 22.6 Å². The minimum Gasteiger partial charge on any atom is -0.486 e. The van der Waals surface area contributed by atoms with E-state index in [9.17, 15) is 0 Å². The summed E-state index contributed by atoms with van der Waals surface area (Å²) in [5, 5.41) is 0. The second-order valence-corrected chi connectivity index (χ2v) is 4.07. The monoisotopic (exact) mass is 300 g/mol. The van der Waals surface area contributed by atoms with E-state index in [0.29, 0.717) is 6.61 Å². The molecule has 0 spiro atoms. The molecule has 0 saturated carbocycles. The number of hydrogen-bond acceptors (Lipinski definition) is 2. The summed E-state index contributed by atoms with van der Waals surface area (Å²) in [6, 6.07) is 11.7. The lowest BCUT2D eigenvalue weighted by Crippen LogP contribution is -1.93. The summed E-state index contributed by atoms with van der Waals surface area (Å²) in [4.78, 5) is 0. The van der Waals surface area contributed by atoms with Crippen molar-refractivity contribution in [1.29, 1.82) is 0 Å². The Morgan fingerprint density at radius 3 is 2.57 bits per heavy atom. The van der Waals surface area contributed by atoms with Gasteiger partial charge in [0.15, 0.2) is 0 Å². The van der Waals surface area contributed by atoms with E-state index in [1.165, 1.54) is 3.57 Å². The summed E-state index contributed by atoms with van der Waals surface area (Å²) in [7, 11) is 0. The van der Waals surface area contributed by atoms with Crippen molar-refractivity contribution in [1.82, 2.24) is 0 Å². The maximum absolute atomic E-state index is 5.51. The molecule has 0 radical (unpaired) electrons. The van der Waals surface area contributed by atoms with Crippen LogP contribution in [0.3, 0.4) is 0 Å². The van der Waals surface area contributed by atoms with E-state index in [4.69, 9.17) is 9.15 Å². The SMILES string of the molecule is Ic1ccc(OCc2ccco2)cc1. The van der Waals surface area contributed by atoms with Gasteiger partial charge in [-0.25, -0.2) is 0 Å². The standard InChI is InChI=1S/C11H9IO2/c12-9-3-5-10(6-4-9)14-8-11-2-1-7-13-11/h1-7H,8H2. The summed E-state index contributed by atoms with van der Waals surface area (Å²) >= 11 is 2.26. The molecule has 0 fully saturated rings. The van der Waals surface area contributed by atoms with E-state index in [1.54, 1.807) is 6.26 Å². The second-order valence-electron chi connectivity index (χ2n) is 2.82. The predicted molar refractivity (Wildman–Crippen MR) is 62.2 cm³/mol. The number of benzene rings is 1. The summed E-state index contributed by atoms with van der Waals surface area (Å²) in [5.74, 6) is 1.70. The minimum atomic E-state index is 0.480. The molecular formula is C11H9IO2. The molecule has 1 aromatic heterocycles. The van der Waals surface area contributed by atoms with Crippen LogP contribution in [0.5, 0.6) is 5.75 Å². The highest BCUT2D eigenvalue weighted by Gasteiger charge is 1.97. The highest BCUT2D eigenvalue weighted by Crippen LogP contribution is 2.15. The van der Waals surface area contributed by atoms with Crippen LogP contribution >= 0.6 is 22.6 Å². The first kappa shape index (κ1) is 9.58. The molecule has 0 bridgehead atoms. The van der Waals surface area contributed by atoms with Crippen molar-refractivity contribution in [2.75, 3.05) is 0 Å². The van der Waals surface area contributed by atoms with Gasteiger partial charge in [-0.3, -0.25) is 0 Å². The lowest BCUT2D eigenvalue weighted by atomic mass is 10.3. The molecule has 0 amide bonds. The fourth-order valence-electron chi connectivity index (χ4n) is 1.08. The minimum absolute atomic E-state index is 0.480. The molecule has 1 aromatic carbocycles. The summed E-state index contributed by atoms with van der Waals surface area (Å²) in [6.07, 6.45) is 1.65. The summed E-state index contributed by atoms with van der Waals surface area (Å²) in [5.41, 5.74) is 0. The van der Waals surface area contributed by atoms with Crippen molar-refractivity contribution in [3.05, 3.63) is 52.0 Å². The van der Waals surface area contributed by atoms with E-state index in [1.807, 2.05) is 36.4 Å². The zero-order valence-corrected chi connectivity index (χ0v) is 9.60. The molecule has 3 heteroatoms. The second kappa shape index (κ2) is 4.50. The normalized spacial score (nSPS) is 10.1. The van der Waals surface area contributed by atoms with Gasteiger partial charge in [-0.05, 0) is 59.0 Å². The number of halogens is 1. The number of rotatable bonds is 3. The van der Waals surface area contributed by atoms with Crippen LogP contribution in [0.15, 0.2) is 47.1 Å². The Hall–Kier alpha value is -0.970. The molecule has 0 aliphatic heterocycles. The van der Waals surface area contributed by atoms with Gasteiger partial charge in [0.05, 0.1) is 6.26 Å². The largest absolute Gasteiger partial charge is 0.486 e. The van der Waals surface area contributed by atoms with Crippen molar-refractivity contribution >= 4 is 22.6 Å². The highest BCUT2D eigenvalue weighted by atomic mass is 127. The van der Waals surface area contributed by atoms with Gasteiger partial charge in [0.2, 0.25) is 0 Å². The third-order valence-electron chi connectivity index (χ3n) is 1.77. The maximum atomic E-state index is 5.51. The molecule has 0 aliphatic rings. The fourth-order valence-corrected chi connectivity index (χ4v) is 1.44. The Kier molecular flexibility index (Phi) is 3.08. The topological polar surface area (TPSA) is 22.4 Å². The number of ether oxygens (including phenoxy) is 1. The lowest BCUT2D eigenvalue weighted by molar-refractivity contribution is 0.270. The number of furan rings is 1. The van der Waals surface area contributed by atoms with Crippen LogP contribution in [0.25, 0.3) is 0 Å². The quantitative estimate of drug-likeness (QED) is 0.810. The van der Waals surface area contributed by atoms with E-state index in [-0.39, 0.29) is 0 Å². The van der Waals surface area contributed by atoms with Gasteiger partial charge in [0.1, 0.15) is 18.1 Å². The van der Waals surface area contributed by atoms with Gasteiger partial charge in [0.25, 0.3) is 0 Å². The van der Waals surface area contributed by atoms with Gasteiger partial charge in [0, 0.05) is 3.57 Å². The molecule has 0 N–H and O–H groups in total. The zero-order chi connectivity index (χ0) is 9.80. The van der Waals surface area contributed by atoms with Crippen LogP contribution in [0.4, 0.5) is 0 Å². The van der Waals surface area contributed by atoms with Crippen molar-refractivity contribution in [2.45, 2.75) is 6.61 Å². The summed E-state index contributed by atoms with van der Waals surface area (Å²) < 4.78 is 11.9. The van der Waals surface area contributed by atoms with Gasteiger partial charge in [-0.1, -0.05) is 0 Å². The Bertz CT molecular complexity index is 378. The Balaban J connectivity index is 1.95. The van der Waals surface area contributed by atoms with Crippen LogP contribution < -0.4 is 4.74 Å². The van der Waals surface area contributed by atoms with Crippen LogP contribution in [-0.2, 0) is 6.61 Å². The third kappa shape index (κ3) is 2.51. The Labute approximate surface area is 96.0 Å². The molecule has 0 atom stereocenters. The van der Waals surface area contributed by atoms with Crippen molar-refractivity contribution in [2.24, 2.45) is 0 Å². The molecular weight excluding hydrogens is 291 g/mol. The third-order valence-corrected chi connectivity index (χ3v) is 2.49. The first-order chi connectivity index (χ1) is 6.84. The van der Waals surface area contributed by atoms with E-state index in [0.717, 1.165) is 11.5 Å². The van der Waals surface area contributed by atoms with Crippen LogP contribution in [-0.4, -0.2) is 0 Å². The molecule has 72 valence electrons. The Morgan fingerprint density at radius 1 is 1.14 bits per heavy atom. The van der Waals surface area contributed by atoms with Crippen molar-refractivity contribution in [3.8, 4) is 5.75 Å². The van der Waals surface area contributed by atoms with Gasteiger partial charge >= 0.3 is 0 Å². The first-order valence-electron chi connectivity index (χ1n) is 4.25. The molecule has 14 heavy (non-hydrogen) atoms. The van der Waals surface area contributed by atoms with Crippen LogP contribution in [0.1, 0.15) is 5.76 Å². The molecule has 1 heterocycles.